The van der Waals surface area contributed by atoms with Crippen LogP contribution in [0.3, 0.4) is 0 Å². The summed E-state index contributed by atoms with van der Waals surface area (Å²) in [4.78, 5) is 29.0. The van der Waals surface area contributed by atoms with Gasteiger partial charge >= 0.3 is 5.97 Å². The van der Waals surface area contributed by atoms with E-state index in [4.69, 9.17) is 20.0 Å². The first-order valence-corrected chi connectivity index (χ1v) is 11.7. The average Bonchev–Trinajstić information content (AvgIpc) is 3.16. The summed E-state index contributed by atoms with van der Waals surface area (Å²) in [5.74, 6) is -0.843. The lowest BCUT2D eigenvalue weighted by molar-refractivity contribution is -0.147. The number of esters is 1. The molecule has 1 unspecified atom stereocenters. The van der Waals surface area contributed by atoms with Crippen LogP contribution in [0.5, 0.6) is 5.75 Å². The molecule has 0 radical (unpaired) electrons. The molecule has 1 heterocycles. The summed E-state index contributed by atoms with van der Waals surface area (Å²) in [7, 11) is 2.64. The number of rotatable bonds is 8. The van der Waals surface area contributed by atoms with Crippen molar-refractivity contribution in [3.63, 3.8) is 0 Å². The van der Waals surface area contributed by atoms with Crippen LogP contribution in [0.4, 0.5) is 0 Å². The first-order chi connectivity index (χ1) is 16.9. The van der Waals surface area contributed by atoms with Crippen molar-refractivity contribution in [1.82, 2.24) is 4.57 Å². The molecule has 0 aliphatic rings. The molecule has 0 bridgehead atoms. The topological polar surface area (TPSA) is 105 Å². The van der Waals surface area contributed by atoms with E-state index < -0.39 is 18.0 Å². The van der Waals surface area contributed by atoms with E-state index >= 15 is 0 Å². The average molecular weight is 484 g/mol. The quantitative estimate of drug-likeness (QED) is 0.281. The first-order valence-electron chi connectivity index (χ1n) is 11.7. The maximum atomic E-state index is 12.2. The van der Waals surface area contributed by atoms with Gasteiger partial charge in [0.25, 0.3) is 5.91 Å². The third kappa shape index (κ3) is 6.85. The molecule has 35 heavy (non-hydrogen) atoms. The Labute approximate surface area is 207 Å². The minimum atomic E-state index is -0.849. The molecule has 0 aliphatic heterocycles. The first kappa shape index (κ1) is 29.2. The highest BCUT2D eigenvalue weighted by atomic mass is 16.6. The van der Waals surface area contributed by atoms with Crippen molar-refractivity contribution in [2.24, 2.45) is 10.9 Å². The number of methoxy groups -OCH3 is 1. The molecule has 1 aromatic heterocycles. The van der Waals surface area contributed by atoms with Crippen LogP contribution in [0.25, 0.3) is 10.9 Å². The Bertz CT molecular complexity index is 1140. The summed E-state index contributed by atoms with van der Waals surface area (Å²) in [6.45, 7) is 12.0. The minimum absolute atomic E-state index is 0.0291. The Kier molecular flexibility index (Phi) is 12.1. The molecule has 0 saturated heterocycles. The molecule has 0 spiro atoms. The molecular weight excluding hydrogens is 446 g/mol. The summed E-state index contributed by atoms with van der Waals surface area (Å²) in [5, 5.41) is 4.49. The molecule has 190 valence electrons. The number of ether oxygens (including phenoxy) is 2. The van der Waals surface area contributed by atoms with Gasteiger partial charge < -0.3 is 24.6 Å². The predicted octanol–water partition coefficient (Wildman–Crippen LogP) is 4.83. The van der Waals surface area contributed by atoms with Crippen LogP contribution in [0.1, 0.15) is 51.4 Å². The van der Waals surface area contributed by atoms with Crippen LogP contribution in [-0.4, -0.2) is 42.5 Å². The minimum Gasteiger partial charge on any atom is -0.478 e. The molecule has 1 amide bonds. The van der Waals surface area contributed by atoms with Crippen molar-refractivity contribution < 1.29 is 23.9 Å². The lowest BCUT2D eigenvalue weighted by Crippen LogP contribution is -2.26. The largest absolute Gasteiger partial charge is 0.478 e. The van der Waals surface area contributed by atoms with Gasteiger partial charge in [0.15, 0.2) is 11.8 Å². The molecular formula is C27H37N3O5. The van der Waals surface area contributed by atoms with E-state index in [1.54, 1.807) is 13.0 Å². The Morgan fingerprint density at radius 3 is 2.17 bits per heavy atom. The fourth-order valence-corrected chi connectivity index (χ4v) is 3.56. The third-order valence-corrected chi connectivity index (χ3v) is 4.98. The second-order valence-corrected chi connectivity index (χ2v) is 6.95. The highest BCUT2D eigenvalue weighted by molar-refractivity contribution is 6.47. The Morgan fingerprint density at radius 1 is 1.00 bits per heavy atom. The van der Waals surface area contributed by atoms with Crippen molar-refractivity contribution in [3.8, 4) is 5.75 Å². The van der Waals surface area contributed by atoms with Crippen LogP contribution < -0.4 is 10.5 Å². The van der Waals surface area contributed by atoms with E-state index in [-0.39, 0.29) is 5.71 Å². The zero-order valence-electron chi connectivity index (χ0n) is 21.9. The normalized spacial score (nSPS) is 11.4. The van der Waals surface area contributed by atoms with Gasteiger partial charge in [0.1, 0.15) is 12.9 Å². The number of carbonyl (C=O) groups is 2. The summed E-state index contributed by atoms with van der Waals surface area (Å²) in [6.07, 6.45) is -0.849. The fraction of sp³-hybridized carbons (Fsp3) is 0.370. The van der Waals surface area contributed by atoms with Crippen LogP contribution >= 0.6 is 0 Å². The SMILES string of the molecule is CC.CC.CO/N=C(/C(N)=O)c1c(C)n(Cc2ccccc2)c2cccc(OC(C)C(=O)OC)c12. The molecule has 0 fully saturated rings. The molecule has 0 aliphatic carbocycles. The number of fused-ring (bicyclic) bond motifs is 1. The van der Waals surface area contributed by atoms with Crippen LogP contribution in [0, 0.1) is 6.92 Å². The van der Waals surface area contributed by atoms with Crippen LogP contribution in [0.2, 0.25) is 0 Å². The predicted molar refractivity (Wildman–Crippen MR) is 140 cm³/mol. The van der Waals surface area contributed by atoms with E-state index in [0.717, 1.165) is 16.8 Å². The van der Waals surface area contributed by atoms with Crippen molar-refractivity contribution in [1.29, 1.82) is 0 Å². The smallest absolute Gasteiger partial charge is 0.346 e. The standard InChI is InChI=1S/C23H25N3O5.2C2H6/c1-14-19(21(22(24)27)25-30-4)20-17(26(14)13-16-9-6-5-7-10-16)11-8-12-18(20)31-15(2)23(28)29-3;2*1-2/h5-12,15H,13H2,1-4H3,(H2,24,27);2*1-2H3/b25-21+;;. The summed E-state index contributed by atoms with van der Waals surface area (Å²) < 4.78 is 12.7. The molecule has 2 N–H and O–H groups in total. The third-order valence-electron chi connectivity index (χ3n) is 4.98. The molecule has 8 heteroatoms. The number of hydrogen-bond acceptors (Lipinski definition) is 6. The molecule has 8 nitrogen and oxygen atoms in total. The number of oxime groups is 1. The van der Waals surface area contributed by atoms with Crippen molar-refractivity contribution >= 4 is 28.5 Å². The number of amides is 1. The number of carbonyl (C=O) groups excluding carboxylic acids is 2. The van der Waals surface area contributed by atoms with E-state index in [9.17, 15) is 9.59 Å². The highest BCUT2D eigenvalue weighted by Gasteiger charge is 2.27. The van der Waals surface area contributed by atoms with Gasteiger partial charge in [-0.3, -0.25) is 4.79 Å². The second kappa shape index (κ2) is 14.5. The molecule has 1 atom stereocenters. The van der Waals surface area contributed by atoms with Gasteiger partial charge in [-0.1, -0.05) is 69.2 Å². The van der Waals surface area contributed by atoms with E-state index in [0.29, 0.717) is 23.2 Å². The molecule has 3 rings (SSSR count). The highest BCUT2D eigenvalue weighted by Crippen LogP contribution is 2.35. The van der Waals surface area contributed by atoms with Gasteiger partial charge in [0.2, 0.25) is 0 Å². The van der Waals surface area contributed by atoms with Crippen molar-refractivity contribution in [2.75, 3.05) is 14.2 Å². The molecule has 3 aromatic rings. The zero-order valence-corrected chi connectivity index (χ0v) is 21.9. The summed E-state index contributed by atoms with van der Waals surface area (Å²) >= 11 is 0. The van der Waals surface area contributed by atoms with Gasteiger partial charge in [-0.25, -0.2) is 4.79 Å². The second-order valence-electron chi connectivity index (χ2n) is 6.95. The number of aromatic nitrogens is 1. The van der Waals surface area contributed by atoms with E-state index in [1.807, 2.05) is 81.7 Å². The Hall–Kier alpha value is -3.81. The Balaban J connectivity index is 0.00000145. The van der Waals surface area contributed by atoms with Gasteiger partial charge in [0.05, 0.1) is 18.0 Å². The van der Waals surface area contributed by atoms with Crippen LogP contribution in [0.15, 0.2) is 53.7 Å². The van der Waals surface area contributed by atoms with Gasteiger partial charge in [-0.05, 0) is 31.5 Å². The Morgan fingerprint density at radius 2 is 1.63 bits per heavy atom. The zero-order chi connectivity index (χ0) is 26.5. The van der Waals surface area contributed by atoms with Crippen molar-refractivity contribution in [3.05, 3.63) is 65.4 Å². The lowest BCUT2D eigenvalue weighted by atomic mass is 10.0. The number of nitrogens with zero attached hydrogens (tertiary/aromatic N) is 2. The van der Waals surface area contributed by atoms with Crippen LogP contribution in [-0.2, 0) is 25.7 Å². The number of benzene rings is 2. The number of nitrogens with two attached hydrogens (primary N) is 1. The van der Waals surface area contributed by atoms with Gasteiger partial charge in [-0.2, -0.15) is 0 Å². The lowest BCUT2D eigenvalue weighted by Gasteiger charge is -2.14. The monoisotopic (exact) mass is 483 g/mol. The summed E-state index contributed by atoms with van der Waals surface area (Å²) in [6, 6.07) is 15.4. The molecule has 0 saturated carbocycles. The summed E-state index contributed by atoms with van der Waals surface area (Å²) in [5.41, 5.74) is 8.73. The number of primary amides is 1. The number of hydrogen-bond donors (Lipinski definition) is 1. The fourth-order valence-electron chi connectivity index (χ4n) is 3.56. The van der Waals surface area contributed by atoms with Crippen molar-refractivity contribution in [2.45, 2.75) is 54.2 Å². The van der Waals surface area contributed by atoms with Gasteiger partial charge in [0, 0.05) is 17.8 Å². The maximum absolute atomic E-state index is 12.2. The van der Waals surface area contributed by atoms with E-state index in [2.05, 4.69) is 5.16 Å². The van der Waals surface area contributed by atoms with E-state index in [1.165, 1.54) is 14.2 Å². The van der Waals surface area contributed by atoms with Gasteiger partial charge in [-0.15, -0.1) is 0 Å². The maximum Gasteiger partial charge on any atom is 0.346 e. The molecule has 2 aromatic carbocycles.